The van der Waals surface area contributed by atoms with Crippen LogP contribution in [0.1, 0.15) is 42.2 Å². The first kappa shape index (κ1) is 24.0. The fourth-order valence-corrected chi connectivity index (χ4v) is 3.85. The van der Waals surface area contributed by atoms with Gasteiger partial charge in [0.05, 0.1) is 5.69 Å². The Morgan fingerprint density at radius 2 is 2.07 bits per heavy atom. The number of piperidine rings is 1. The molecule has 3 aromatic rings. The molecule has 2 aromatic heterocycles. The number of halogens is 2. The molecule has 0 bridgehead atoms. The quantitative estimate of drug-likeness (QED) is 0.634. The summed E-state index contributed by atoms with van der Waals surface area (Å²) >= 11 is 0. The van der Waals surface area contributed by atoms with E-state index in [0.717, 1.165) is 37.1 Å². The molecular weight excluding hydrogens is 423 g/mol. The first-order valence-electron chi connectivity index (χ1n) is 9.84. The molecule has 30 heavy (non-hydrogen) atoms. The van der Waals surface area contributed by atoms with Gasteiger partial charge in [-0.1, -0.05) is 12.1 Å². The Hall–Kier alpha value is -2.28. The lowest BCUT2D eigenvalue weighted by Crippen LogP contribution is -2.51. The van der Waals surface area contributed by atoms with Crippen LogP contribution in [0.4, 0.5) is 0 Å². The monoisotopic (exact) mass is 450 g/mol. The molecule has 2 unspecified atom stereocenters. The molecule has 2 atom stereocenters. The highest BCUT2D eigenvalue weighted by Gasteiger charge is 2.29. The van der Waals surface area contributed by atoms with Gasteiger partial charge in [0.2, 0.25) is 0 Å². The molecule has 0 aliphatic carbocycles. The van der Waals surface area contributed by atoms with Crippen molar-refractivity contribution in [2.75, 3.05) is 6.54 Å². The van der Waals surface area contributed by atoms with Crippen molar-refractivity contribution in [3.8, 4) is 5.75 Å². The van der Waals surface area contributed by atoms with Gasteiger partial charge in [0.15, 0.2) is 0 Å². The molecule has 0 radical (unpaired) electrons. The number of nitrogens with zero attached hydrogens (tertiary/aromatic N) is 3. The van der Waals surface area contributed by atoms with Crippen LogP contribution in [0.2, 0.25) is 0 Å². The van der Waals surface area contributed by atoms with Gasteiger partial charge in [-0.25, -0.2) is 4.98 Å². The normalized spacial score (nSPS) is 17.0. The van der Waals surface area contributed by atoms with E-state index < -0.39 is 0 Å². The SMILES string of the molecule is CC(N)C1CCCCN1C(=O)c1cccc(OCc2cn3ccccc3n2)c1.Cl.Cl. The second-order valence-electron chi connectivity index (χ2n) is 7.44. The molecular formula is C22H28Cl2N4O2. The third kappa shape index (κ3) is 5.25. The molecule has 1 saturated heterocycles. The van der Waals surface area contributed by atoms with Crippen LogP contribution in [-0.4, -0.2) is 38.8 Å². The van der Waals surface area contributed by atoms with Crippen molar-refractivity contribution in [2.24, 2.45) is 5.73 Å². The summed E-state index contributed by atoms with van der Waals surface area (Å²) in [6, 6.07) is 13.3. The van der Waals surface area contributed by atoms with Gasteiger partial charge in [-0.15, -0.1) is 24.8 Å². The van der Waals surface area contributed by atoms with Crippen LogP contribution in [0.5, 0.6) is 5.75 Å². The van der Waals surface area contributed by atoms with E-state index in [-0.39, 0.29) is 42.8 Å². The molecule has 1 aliphatic rings. The van der Waals surface area contributed by atoms with E-state index in [1.807, 2.05) is 71.1 Å². The van der Waals surface area contributed by atoms with Crippen LogP contribution >= 0.6 is 24.8 Å². The summed E-state index contributed by atoms with van der Waals surface area (Å²) in [5, 5.41) is 0. The summed E-state index contributed by atoms with van der Waals surface area (Å²) in [4.78, 5) is 19.5. The van der Waals surface area contributed by atoms with E-state index in [4.69, 9.17) is 10.5 Å². The van der Waals surface area contributed by atoms with Crippen molar-refractivity contribution < 1.29 is 9.53 Å². The molecule has 0 spiro atoms. The summed E-state index contributed by atoms with van der Waals surface area (Å²) in [7, 11) is 0. The Bertz CT molecular complexity index is 943. The molecule has 162 valence electrons. The highest BCUT2D eigenvalue weighted by molar-refractivity contribution is 5.95. The molecule has 2 N–H and O–H groups in total. The number of amides is 1. The maximum atomic E-state index is 13.1. The smallest absolute Gasteiger partial charge is 0.254 e. The van der Waals surface area contributed by atoms with E-state index in [1.54, 1.807) is 0 Å². The Labute approximate surface area is 189 Å². The molecule has 6 nitrogen and oxygen atoms in total. The van der Waals surface area contributed by atoms with Crippen LogP contribution in [-0.2, 0) is 6.61 Å². The highest BCUT2D eigenvalue weighted by Crippen LogP contribution is 2.23. The Kier molecular flexibility index (Phi) is 8.53. The number of imidazole rings is 1. The van der Waals surface area contributed by atoms with Crippen LogP contribution < -0.4 is 10.5 Å². The average molecular weight is 451 g/mol. The van der Waals surface area contributed by atoms with Crippen LogP contribution in [0.3, 0.4) is 0 Å². The van der Waals surface area contributed by atoms with Gasteiger partial charge in [-0.05, 0) is 56.5 Å². The number of benzene rings is 1. The minimum atomic E-state index is -0.0290. The minimum absolute atomic E-state index is 0. The summed E-state index contributed by atoms with van der Waals surface area (Å²) in [5.41, 5.74) is 8.49. The maximum absolute atomic E-state index is 13.1. The van der Waals surface area contributed by atoms with Crippen molar-refractivity contribution in [2.45, 2.75) is 44.9 Å². The number of carbonyl (C=O) groups is 1. The lowest BCUT2D eigenvalue weighted by atomic mass is 9.96. The number of nitrogens with two attached hydrogens (primary N) is 1. The Balaban J connectivity index is 0.00000160. The topological polar surface area (TPSA) is 72.9 Å². The number of likely N-dealkylation sites (tertiary alicyclic amines) is 1. The first-order valence-corrected chi connectivity index (χ1v) is 9.84. The van der Waals surface area contributed by atoms with E-state index in [9.17, 15) is 4.79 Å². The number of hydrogen-bond acceptors (Lipinski definition) is 4. The molecule has 1 aliphatic heterocycles. The fraction of sp³-hybridized carbons (Fsp3) is 0.364. The number of hydrogen-bond donors (Lipinski definition) is 1. The van der Waals surface area contributed by atoms with E-state index >= 15 is 0 Å². The standard InChI is InChI=1S/C22H26N4O2.2ClH/c1-16(23)20-9-2-5-12-26(20)22(27)17-7-6-8-19(13-17)28-15-18-14-25-11-4-3-10-21(25)24-18;;/h3-4,6-8,10-11,13-14,16,20H,2,5,9,12,15,23H2,1H3;2*1H. The predicted octanol–water partition coefficient (Wildman–Crippen LogP) is 4.10. The lowest BCUT2D eigenvalue weighted by molar-refractivity contribution is 0.0583. The van der Waals surface area contributed by atoms with Gasteiger partial charge in [-0.2, -0.15) is 0 Å². The van der Waals surface area contributed by atoms with Crippen molar-refractivity contribution >= 4 is 36.4 Å². The van der Waals surface area contributed by atoms with E-state index in [0.29, 0.717) is 17.9 Å². The molecule has 1 aromatic carbocycles. The lowest BCUT2D eigenvalue weighted by Gasteiger charge is -2.38. The predicted molar refractivity (Wildman–Crippen MR) is 123 cm³/mol. The van der Waals surface area contributed by atoms with Crippen molar-refractivity contribution in [1.29, 1.82) is 0 Å². The summed E-state index contributed by atoms with van der Waals surface area (Å²) in [6.45, 7) is 3.09. The fourth-order valence-electron chi connectivity index (χ4n) is 3.85. The van der Waals surface area contributed by atoms with Crippen LogP contribution in [0.15, 0.2) is 54.9 Å². The highest BCUT2D eigenvalue weighted by atomic mass is 35.5. The largest absolute Gasteiger partial charge is 0.487 e. The zero-order valence-electron chi connectivity index (χ0n) is 16.9. The van der Waals surface area contributed by atoms with Gasteiger partial charge in [-0.3, -0.25) is 4.79 Å². The molecule has 3 heterocycles. The van der Waals surface area contributed by atoms with Crippen molar-refractivity contribution in [3.63, 3.8) is 0 Å². The molecule has 4 rings (SSSR count). The van der Waals surface area contributed by atoms with Crippen LogP contribution in [0.25, 0.3) is 5.65 Å². The zero-order valence-corrected chi connectivity index (χ0v) is 18.6. The maximum Gasteiger partial charge on any atom is 0.254 e. The third-order valence-corrected chi connectivity index (χ3v) is 5.30. The second-order valence-corrected chi connectivity index (χ2v) is 7.44. The number of rotatable bonds is 5. The number of fused-ring (bicyclic) bond motifs is 1. The van der Waals surface area contributed by atoms with Crippen LogP contribution in [0, 0.1) is 0 Å². The number of ether oxygens (including phenoxy) is 1. The Morgan fingerprint density at radius 1 is 1.23 bits per heavy atom. The first-order chi connectivity index (χ1) is 13.6. The van der Waals surface area contributed by atoms with Gasteiger partial charge in [0.25, 0.3) is 5.91 Å². The van der Waals surface area contributed by atoms with Gasteiger partial charge >= 0.3 is 0 Å². The average Bonchev–Trinajstić information content (AvgIpc) is 3.15. The van der Waals surface area contributed by atoms with E-state index in [1.165, 1.54) is 0 Å². The van der Waals surface area contributed by atoms with Gasteiger partial charge in [0, 0.05) is 36.6 Å². The van der Waals surface area contributed by atoms with E-state index in [2.05, 4.69) is 4.98 Å². The number of aromatic nitrogens is 2. The summed E-state index contributed by atoms with van der Waals surface area (Å²) in [5.74, 6) is 0.692. The van der Waals surface area contributed by atoms with Crippen molar-refractivity contribution in [1.82, 2.24) is 14.3 Å². The molecule has 1 fully saturated rings. The molecule has 0 saturated carbocycles. The van der Waals surface area contributed by atoms with Crippen molar-refractivity contribution in [3.05, 3.63) is 66.1 Å². The summed E-state index contributed by atoms with van der Waals surface area (Å²) < 4.78 is 7.86. The molecule has 1 amide bonds. The summed E-state index contributed by atoms with van der Waals surface area (Å²) in [6.07, 6.45) is 7.02. The Morgan fingerprint density at radius 3 is 2.83 bits per heavy atom. The molecule has 8 heteroatoms. The zero-order chi connectivity index (χ0) is 19.5. The number of carbonyl (C=O) groups excluding carboxylic acids is 1. The van der Waals surface area contributed by atoms with Gasteiger partial charge in [0.1, 0.15) is 18.0 Å². The van der Waals surface area contributed by atoms with Gasteiger partial charge < -0.3 is 19.8 Å². The third-order valence-electron chi connectivity index (χ3n) is 5.30. The minimum Gasteiger partial charge on any atom is -0.487 e. The number of pyridine rings is 1. The second kappa shape index (κ2) is 10.7.